The Kier molecular flexibility index (Phi) is 4.76. The number of nitrogens with one attached hydrogen (secondary N) is 3. The summed E-state index contributed by atoms with van der Waals surface area (Å²) in [6, 6.07) is 1.68. The van der Waals surface area contributed by atoms with E-state index in [0.717, 1.165) is 21.1 Å². The molecule has 110 valence electrons. The van der Waals surface area contributed by atoms with Gasteiger partial charge in [0.1, 0.15) is 0 Å². The summed E-state index contributed by atoms with van der Waals surface area (Å²) in [5, 5.41) is 4.60. The molecule has 3 N–H and O–H groups in total. The highest BCUT2D eigenvalue weighted by Gasteiger charge is 2.19. The smallest absolute Gasteiger partial charge is 0.304 e. The molecule has 0 atom stereocenters. The zero-order valence-electron chi connectivity index (χ0n) is 11.0. The Bertz CT molecular complexity index is 742. The van der Waals surface area contributed by atoms with Crippen molar-refractivity contribution in [2.24, 2.45) is 0 Å². The predicted octanol–water partition coefficient (Wildman–Crippen LogP) is 1.00. The molecule has 0 spiro atoms. The third-order valence-corrected chi connectivity index (χ3v) is 6.01. The standard InChI is InChI=1S/C11H15N3O3S3/c1-7-10(3-9(19-7)5-12-2)20(16,17)13-4-8-6-18-11(15)14-8/h3,6,12-13H,4-5H2,1-2H3,(H,14,15). The van der Waals surface area contributed by atoms with E-state index in [1.54, 1.807) is 18.4 Å². The van der Waals surface area contributed by atoms with Crippen molar-refractivity contribution in [2.75, 3.05) is 7.05 Å². The normalized spacial score (nSPS) is 11.9. The summed E-state index contributed by atoms with van der Waals surface area (Å²) in [6.45, 7) is 2.50. The largest absolute Gasteiger partial charge is 0.315 e. The molecule has 0 bridgehead atoms. The number of aromatic amines is 1. The van der Waals surface area contributed by atoms with Gasteiger partial charge in [0.05, 0.1) is 11.4 Å². The van der Waals surface area contributed by atoms with Crippen molar-refractivity contribution in [3.63, 3.8) is 0 Å². The molecule has 9 heteroatoms. The lowest BCUT2D eigenvalue weighted by Gasteiger charge is -2.04. The zero-order chi connectivity index (χ0) is 14.8. The average molecular weight is 333 g/mol. The molecule has 0 radical (unpaired) electrons. The highest BCUT2D eigenvalue weighted by molar-refractivity contribution is 7.89. The minimum atomic E-state index is -3.56. The van der Waals surface area contributed by atoms with Gasteiger partial charge in [0, 0.05) is 27.4 Å². The number of sulfonamides is 1. The summed E-state index contributed by atoms with van der Waals surface area (Å²) in [7, 11) is -1.75. The van der Waals surface area contributed by atoms with Gasteiger partial charge in [-0.25, -0.2) is 13.1 Å². The number of thiazole rings is 1. The molecule has 2 rings (SSSR count). The Hall–Kier alpha value is -1.00. The monoisotopic (exact) mass is 333 g/mol. The van der Waals surface area contributed by atoms with E-state index in [4.69, 9.17) is 0 Å². The fourth-order valence-corrected chi connectivity index (χ4v) is 4.94. The van der Waals surface area contributed by atoms with E-state index in [2.05, 4.69) is 15.0 Å². The maximum atomic E-state index is 12.2. The molecule has 20 heavy (non-hydrogen) atoms. The van der Waals surface area contributed by atoms with E-state index in [9.17, 15) is 13.2 Å². The summed E-state index contributed by atoms with van der Waals surface area (Å²) in [5.74, 6) is 0. The first kappa shape index (κ1) is 15.4. The van der Waals surface area contributed by atoms with Gasteiger partial charge in [0.15, 0.2) is 0 Å². The van der Waals surface area contributed by atoms with Gasteiger partial charge in [-0.15, -0.1) is 11.3 Å². The van der Waals surface area contributed by atoms with Crippen LogP contribution in [-0.2, 0) is 23.1 Å². The van der Waals surface area contributed by atoms with Crippen LogP contribution in [0.4, 0.5) is 0 Å². The molecule has 2 heterocycles. The Morgan fingerprint density at radius 1 is 1.35 bits per heavy atom. The van der Waals surface area contributed by atoms with E-state index in [0.29, 0.717) is 17.1 Å². The Morgan fingerprint density at radius 3 is 2.70 bits per heavy atom. The number of H-pyrrole nitrogens is 1. The molecule has 0 fully saturated rings. The van der Waals surface area contributed by atoms with Crippen LogP contribution >= 0.6 is 22.7 Å². The summed E-state index contributed by atoms with van der Waals surface area (Å²) in [5.41, 5.74) is 0.562. The Morgan fingerprint density at radius 2 is 2.10 bits per heavy atom. The lowest BCUT2D eigenvalue weighted by atomic mass is 10.4. The second-order valence-corrected chi connectivity index (χ2v) is 8.08. The first-order valence-corrected chi connectivity index (χ1v) is 9.00. The highest BCUT2D eigenvalue weighted by atomic mass is 32.2. The number of aryl methyl sites for hydroxylation is 1. The highest BCUT2D eigenvalue weighted by Crippen LogP contribution is 2.25. The number of rotatable bonds is 6. The number of hydrogen-bond acceptors (Lipinski definition) is 6. The molecule has 0 saturated heterocycles. The van der Waals surface area contributed by atoms with Crippen molar-refractivity contribution in [2.45, 2.75) is 24.9 Å². The number of thiophene rings is 1. The first-order valence-electron chi connectivity index (χ1n) is 5.82. The molecular formula is C11H15N3O3S3. The number of hydrogen-bond donors (Lipinski definition) is 3. The second-order valence-electron chi connectivity index (χ2n) is 4.16. The third kappa shape index (κ3) is 3.55. The molecule has 0 unspecified atom stereocenters. The summed E-state index contributed by atoms with van der Waals surface area (Å²) in [4.78, 5) is 15.4. The molecule has 2 aromatic rings. The predicted molar refractivity (Wildman–Crippen MR) is 80.8 cm³/mol. The van der Waals surface area contributed by atoms with E-state index >= 15 is 0 Å². The van der Waals surface area contributed by atoms with Crippen LogP contribution in [0.15, 0.2) is 21.1 Å². The van der Waals surface area contributed by atoms with E-state index < -0.39 is 10.0 Å². The van der Waals surface area contributed by atoms with Crippen LogP contribution in [0, 0.1) is 6.92 Å². The van der Waals surface area contributed by atoms with Crippen molar-refractivity contribution in [3.8, 4) is 0 Å². The van der Waals surface area contributed by atoms with Crippen LogP contribution < -0.4 is 14.9 Å². The lowest BCUT2D eigenvalue weighted by molar-refractivity contribution is 0.580. The number of aromatic nitrogens is 1. The van der Waals surface area contributed by atoms with E-state index in [1.807, 2.05) is 7.05 Å². The van der Waals surface area contributed by atoms with Crippen molar-refractivity contribution < 1.29 is 8.42 Å². The van der Waals surface area contributed by atoms with Crippen LogP contribution in [0.2, 0.25) is 0 Å². The van der Waals surface area contributed by atoms with Crippen molar-refractivity contribution in [1.29, 1.82) is 0 Å². The molecule has 0 saturated carbocycles. The topological polar surface area (TPSA) is 91.1 Å². The quantitative estimate of drug-likeness (QED) is 0.736. The molecule has 0 amide bonds. The van der Waals surface area contributed by atoms with Crippen LogP contribution in [0.1, 0.15) is 15.4 Å². The zero-order valence-corrected chi connectivity index (χ0v) is 13.5. The van der Waals surface area contributed by atoms with E-state index in [-0.39, 0.29) is 11.4 Å². The summed E-state index contributed by atoms with van der Waals surface area (Å²) < 4.78 is 27.0. The van der Waals surface area contributed by atoms with Gasteiger partial charge in [0.25, 0.3) is 0 Å². The van der Waals surface area contributed by atoms with Gasteiger partial charge in [-0.1, -0.05) is 11.3 Å². The molecule has 0 aromatic carbocycles. The molecule has 0 aliphatic heterocycles. The van der Waals surface area contributed by atoms with E-state index in [1.165, 1.54) is 11.3 Å². The molecule has 0 aliphatic carbocycles. The molecule has 6 nitrogen and oxygen atoms in total. The first-order chi connectivity index (χ1) is 9.42. The maximum absolute atomic E-state index is 12.2. The SMILES string of the molecule is CNCc1cc(S(=O)(=O)NCc2csc(=O)[nH]2)c(C)s1. The van der Waals surface area contributed by atoms with Crippen LogP contribution in [-0.4, -0.2) is 20.4 Å². The minimum Gasteiger partial charge on any atom is -0.315 e. The third-order valence-electron chi connectivity index (χ3n) is 2.59. The summed E-state index contributed by atoms with van der Waals surface area (Å²) in [6.07, 6.45) is 0. The maximum Gasteiger partial charge on any atom is 0.304 e. The summed E-state index contributed by atoms with van der Waals surface area (Å²) >= 11 is 2.47. The van der Waals surface area contributed by atoms with Crippen LogP contribution in [0.3, 0.4) is 0 Å². The minimum absolute atomic E-state index is 0.0811. The fraction of sp³-hybridized carbons (Fsp3) is 0.364. The lowest BCUT2D eigenvalue weighted by Crippen LogP contribution is -2.23. The Balaban J connectivity index is 2.15. The van der Waals surface area contributed by atoms with Gasteiger partial charge in [-0.3, -0.25) is 4.79 Å². The van der Waals surface area contributed by atoms with Crippen molar-refractivity contribution in [1.82, 2.24) is 15.0 Å². The second kappa shape index (κ2) is 6.19. The van der Waals surface area contributed by atoms with Gasteiger partial charge < -0.3 is 10.3 Å². The van der Waals surface area contributed by atoms with Gasteiger partial charge in [-0.2, -0.15) is 0 Å². The molecular weight excluding hydrogens is 318 g/mol. The van der Waals surface area contributed by atoms with Crippen LogP contribution in [0.25, 0.3) is 0 Å². The van der Waals surface area contributed by atoms with Gasteiger partial charge in [-0.05, 0) is 20.0 Å². The van der Waals surface area contributed by atoms with Crippen molar-refractivity contribution >= 4 is 32.7 Å². The van der Waals surface area contributed by atoms with Gasteiger partial charge >= 0.3 is 4.87 Å². The van der Waals surface area contributed by atoms with Gasteiger partial charge in [0.2, 0.25) is 10.0 Å². The average Bonchev–Trinajstić information content (AvgIpc) is 2.94. The fourth-order valence-electron chi connectivity index (χ4n) is 1.70. The molecule has 0 aliphatic rings. The van der Waals surface area contributed by atoms with Crippen molar-refractivity contribution in [3.05, 3.63) is 36.6 Å². The Labute approximate surface area is 124 Å². The van der Waals surface area contributed by atoms with Crippen LogP contribution in [0.5, 0.6) is 0 Å². The molecule has 2 aromatic heterocycles.